The molecule has 8 heteroatoms. The Morgan fingerprint density at radius 2 is 2.25 bits per heavy atom. The fourth-order valence-corrected chi connectivity index (χ4v) is 3.51. The van der Waals surface area contributed by atoms with Crippen molar-refractivity contribution < 1.29 is 13.6 Å². The molecule has 0 spiro atoms. The second kappa shape index (κ2) is 7.38. The van der Waals surface area contributed by atoms with Crippen LogP contribution in [0, 0.1) is 12.7 Å². The lowest BCUT2D eigenvalue weighted by Crippen LogP contribution is -2.33. The second-order valence-corrected chi connectivity index (χ2v) is 6.88. The zero-order valence-electron chi connectivity index (χ0n) is 15.3. The fourth-order valence-electron chi connectivity index (χ4n) is 3.51. The first-order valence-corrected chi connectivity index (χ1v) is 9.07. The molecule has 1 fully saturated rings. The van der Waals surface area contributed by atoms with Crippen molar-refractivity contribution in [2.45, 2.75) is 32.2 Å². The third kappa shape index (κ3) is 3.71. The van der Waals surface area contributed by atoms with Crippen LogP contribution >= 0.6 is 0 Å². The highest BCUT2D eigenvalue weighted by Crippen LogP contribution is 2.32. The molecule has 3 aromatic rings. The molecule has 0 bridgehead atoms. The van der Waals surface area contributed by atoms with Crippen LogP contribution in [0.15, 0.2) is 45.7 Å². The van der Waals surface area contributed by atoms with Gasteiger partial charge in [0.2, 0.25) is 5.89 Å². The minimum atomic E-state index is -0.549. The van der Waals surface area contributed by atoms with E-state index in [1.54, 1.807) is 30.2 Å². The van der Waals surface area contributed by atoms with Crippen LogP contribution < -0.4 is 5.69 Å². The van der Waals surface area contributed by atoms with Crippen molar-refractivity contribution in [3.05, 3.63) is 81.4 Å². The Labute approximate surface area is 160 Å². The van der Waals surface area contributed by atoms with E-state index >= 15 is 0 Å². The maximum atomic E-state index is 13.4. The van der Waals surface area contributed by atoms with Crippen molar-refractivity contribution in [1.29, 1.82) is 0 Å². The summed E-state index contributed by atoms with van der Waals surface area (Å²) in [6.45, 7) is 2.24. The van der Waals surface area contributed by atoms with Gasteiger partial charge in [0.15, 0.2) is 0 Å². The van der Waals surface area contributed by atoms with Crippen molar-refractivity contribution in [2.75, 3.05) is 6.54 Å². The number of H-pyrrole nitrogens is 1. The first-order chi connectivity index (χ1) is 13.5. The average Bonchev–Trinajstić information content (AvgIpc) is 3.29. The quantitative estimate of drug-likeness (QED) is 0.749. The summed E-state index contributed by atoms with van der Waals surface area (Å²) in [6, 6.07) is 7.56. The van der Waals surface area contributed by atoms with Gasteiger partial charge in [0.05, 0.1) is 6.20 Å². The van der Waals surface area contributed by atoms with Gasteiger partial charge in [-0.2, -0.15) is 4.98 Å². The number of aromatic nitrogens is 3. The van der Waals surface area contributed by atoms with E-state index in [1.165, 1.54) is 12.1 Å². The maximum absolute atomic E-state index is 13.4. The van der Waals surface area contributed by atoms with Gasteiger partial charge in [-0.3, -0.25) is 4.79 Å². The maximum Gasteiger partial charge on any atom is 0.345 e. The molecule has 1 amide bonds. The highest BCUT2D eigenvalue weighted by atomic mass is 19.1. The number of carbonyl (C=O) groups excluding carboxylic acids is 1. The van der Waals surface area contributed by atoms with Crippen LogP contribution in [0.5, 0.6) is 0 Å². The van der Waals surface area contributed by atoms with Gasteiger partial charge in [-0.05, 0) is 43.5 Å². The number of nitrogens with zero attached hydrogens (tertiary/aromatic N) is 3. The Kier molecular flexibility index (Phi) is 4.77. The van der Waals surface area contributed by atoms with E-state index in [2.05, 4.69) is 15.0 Å². The van der Waals surface area contributed by atoms with Gasteiger partial charge < -0.3 is 14.3 Å². The number of hydrogen-bond acceptors (Lipinski definition) is 5. The molecule has 1 aliphatic rings. The van der Waals surface area contributed by atoms with Crippen LogP contribution in [0.25, 0.3) is 0 Å². The molecule has 0 saturated carbocycles. The lowest BCUT2D eigenvalue weighted by atomic mass is 10.1. The molecule has 144 valence electrons. The van der Waals surface area contributed by atoms with Gasteiger partial charge in [-0.15, -0.1) is 0 Å². The topological polar surface area (TPSA) is 92.1 Å². The summed E-state index contributed by atoms with van der Waals surface area (Å²) in [5.41, 5.74) is 0.921. The smallest absolute Gasteiger partial charge is 0.345 e. The molecule has 7 nitrogen and oxygen atoms in total. The van der Waals surface area contributed by atoms with Gasteiger partial charge >= 0.3 is 5.69 Å². The largest absolute Gasteiger partial charge is 0.443 e. The van der Waals surface area contributed by atoms with Gasteiger partial charge in [-0.25, -0.2) is 14.2 Å². The number of amides is 1. The number of carbonyl (C=O) groups is 1. The minimum absolute atomic E-state index is 0.111. The van der Waals surface area contributed by atoms with Crippen molar-refractivity contribution in [3.63, 3.8) is 0 Å². The molecular formula is C20H19FN4O3. The lowest BCUT2D eigenvalue weighted by Gasteiger charge is -2.21. The predicted octanol–water partition coefficient (Wildman–Crippen LogP) is 2.77. The van der Waals surface area contributed by atoms with E-state index in [4.69, 9.17) is 4.42 Å². The predicted molar refractivity (Wildman–Crippen MR) is 98.3 cm³/mol. The SMILES string of the molecule is Cc1cc(C(=O)N2CCC[C@H]2c2ncc(Cc3cccc(F)c3)o2)nc(=O)[nH]1. The van der Waals surface area contributed by atoms with Crippen molar-refractivity contribution >= 4 is 5.91 Å². The number of nitrogens with one attached hydrogen (secondary N) is 1. The molecule has 0 aliphatic carbocycles. The standard InChI is InChI=1S/C20H19FN4O3/c1-12-8-16(24-20(27)23-12)19(26)25-7-3-6-17(25)18-22-11-15(28-18)10-13-4-2-5-14(21)9-13/h2,4-5,8-9,11,17H,3,6-7,10H2,1H3,(H,23,24,27)/t17-/m0/s1. The number of hydrogen-bond donors (Lipinski definition) is 1. The Hall–Kier alpha value is -3.29. The van der Waals surface area contributed by atoms with Crippen LogP contribution in [0.4, 0.5) is 4.39 Å². The molecule has 1 atom stereocenters. The van der Waals surface area contributed by atoms with E-state index < -0.39 is 5.69 Å². The molecule has 4 rings (SSSR count). The Balaban J connectivity index is 1.54. The summed E-state index contributed by atoms with van der Waals surface area (Å²) in [5, 5.41) is 0. The number of likely N-dealkylation sites (tertiary alicyclic amines) is 1. The molecule has 3 heterocycles. The second-order valence-electron chi connectivity index (χ2n) is 6.88. The molecule has 0 unspecified atom stereocenters. The molecule has 1 aliphatic heterocycles. The Bertz CT molecular complexity index is 1080. The molecular weight excluding hydrogens is 363 g/mol. The number of aromatic amines is 1. The Morgan fingerprint density at radius 1 is 1.39 bits per heavy atom. The molecule has 28 heavy (non-hydrogen) atoms. The number of rotatable bonds is 4. The van der Waals surface area contributed by atoms with Gasteiger partial charge in [0.1, 0.15) is 23.3 Å². The van der Waals surface area contributed by atoms with Crippen LogP contribution in [0.3, 0.4) is 0 Å². The van der Waals surface area contributed by atoms with Gasteiger partial charge in [0, 0.05) is 18.7 Å². The van der Waals surface area contributed by atoms with E-state index in [0.29, 0.717) is 36.7 Å². The lowest BCUT2D eigenvalue weighted by molar-refractivity contribution is 0.0708. The molecule has 1 saturated heterocycles. The first-order valence-electron chi connectivity index (χ1n) is 9.07. The summed E-state index contributed by atoms with van der Waals surface area (Å²) in [6.07, 6.45) is 3.55. The summed E-state index contributed by atoms with van der Waals surface area (Å²) >= 11 is 0. The van der Waals surface area contributed by atoms with Gasteiger partial charge in [-0.1, -0.05) is 12.1 Å². The monoisotopic (exact) mass is 382 g/mol. The fraction of sp³-hybridized carbons (Fsp3) is 0.300. The van der Waals surface area contributed by atoms with E-state index in [-0.39, 0.29) is 23.5 Å². The average molecular weight is 382 g/mol. The highest BCUT2D eigenvalue weighted by Gasteiger charge is 2.34. The summed E-state index contributed by atoms with van der Waals surface area (Å²) < 4.78 is 19.2. The van der Waals surface area contributed by atoms with Crippen molar-refractivity contribution in [2.24, 2.45) is 0 Å². The summed E-state index contributed by atoms with van der Waals surface area (Å²) in [7, 11) is 0. The highest BCUT2D eigenvalue weighted by molar-refractivity contribution is 5.92. The van der Waals surface area contributed by atoms with E-state index in [0.717, 1.165) is 12.0 Å². The normalized spacial score (nSPS) is 16.5. The molecule has 0 radical (unpaired) electrons. The van der Waals surface area contributed by atoms with Gasteiger partial charge in [0.25, 0.3) is 5.91 Å². The zero-order chi connectivity index (χ0) is 19.7. The number of aryl methyl sites for hydroxylation is 1. The van der Waals surface area contributed by atoms with E-state index in [9.17, 15) is 14.0 Å². The first kappa shape index (κ1) is 18.1. The molecule has 1 N–H and O–H groups in total. The number of oxazole rings is 1. The summed E-state index contributed by atoms with van der Waals surface area (Å²) in [5.74, 6) is 0.427. The third-order valence-electron chi connectivity index (χ3n) is 4.74. The zero-order valence-corrected chi connectivity index (χ0v) is 15.3. The Morgan fingerprint density at radius 3 is 3.04 bits per heavy atom. The van der Waals surface area contributed by atoms with Crippen LogP contribution in [0.1, 0.15) is 52.3 Å². The number of benzene rings is 1. The van der Waals surface area contributed by atoms with Crippen LogP contribution in [-0.4, -0.2) is 32.3 Å². The van der Waals surface area contributed by atoms with E-state index in [1.807, 2.05) is 6.07 Å². The number of halogens is 1. The third-order valence-corrected chi connectivity index (χ3v) is 4.74. The molecule has 1 aromatic carbocycles. The van der Waals surface area contributed by atoms with Crippen LogP contribution in [0.2, 0.25) is 0 Å². The summed E-state index contributed by atoms with van der Waals surface area (Å²) in [4.78, 5) is 36.8. The van der Waals surface area contributed by atoms with Crippen LogP contribution in [-0.2, 0) is 6.42 Å². The van der Waals surface area contributed by atoms with Crippen molar-refractivity contribution in [1.82, 2.24) is 19.9 Å². The van der Waals surface area contributed by atoms with Crippen molar-refractivity contribution in [3.8, 4) is 0 Å². The minimum Gasteiger partial charge on any atom is -0.443 e. The molecule has 2 aromatic heterocycles.